The van der Waals surface area contributed by atoms with Crippen LogP contribution in [0.25, 0.3) is 10.4 Å². The predicted molar refractivity (Wildman–Crippen MR) is 112 cm³/mol. The van der Waals surface area contributed by atoms with E-state index in [2.05, 4.69) is 5.32 Å². The number of hydrogen-bond acceptors (Lipinski definition) is 6. The molecule has 0 unspecified atom stereocenters. The van der Waals surface area contributed by atoms with Crippen LogP contribution in [0.4, 0.5) is 5.69 Å². The minimum Gasteiger partial charge on any atom is -0.478 e. The molecule has 11 heteroatoms. The zero-order valence-electron chi connectivity index (χ0n) is 14.0. The van der Waals surface area contributed by atoms with E-state index < -0.39 is 21.7 Å². The van der Waals surface area contributed by atoms with Gasteiger partial charge < -0.3 is 10.4 Å². The SMILES string of the molecule is CS(=O)(=O)c1csc(C(=O)Nc2csc(-c3ccc(Cl)cc3)c2C(=O)O)c1Cl. The monoisotopic (exact) mass is 475 g/mol. The first-order valence-corrected chi connectivity index (χ1v) is 11.9. The lowest BCUT2D eigenvalue weighted by atomic mass is 10.1. The van der Waals surface area contributed by atoms with E-state index >= 15 is 0 Å². The fourth-order valence-corrected chi connectivity index (χ4v) is 6.32. The lowest BCUT2D eigenvalue weighted by Gasteiger charge is -2.06. The van der Waals surface area contributed by atoms with E-state index in [1.165, 1.54) is 10.8 Å². The Hall–Kier alpha value is -1.91. The molecule has 3 rings (SSSR count). The number of nitrogens with one attached hydrogen (secondary N) is 1. The number of sulfone groups is 1. The summed E-state index contributed by atoms with van der Waals surface area (Å²) in [6.07, 6.45) is 0.989. The Morgan fingerprint density at radius 2 is 1.71 bits per heavy atom. The summed E-state index contributed by atoms with van der Waals surface area (Å²) >= 11 is 13.9. The van der Waals surface area contributed by atoms with Gasteiger partial charge in [0.15, 0.2) is 9.84 Å². The van der Waals surface area contributed by atoms with Gasteiger partial charge in [0, 0.05) is 22.0 Å². The van der Waals surface area contributed by atoms with Crippen molar-refractivity contribution in [3.8, 4) is 10.4 Å². The molecule has 0 saturated carbocycles. The van der Waals surface area contributed by atoms with Gasteiger partial charge in [0.2, 0.25) is 0 Å². The van der Waals surface area contributed by atoms with Crippen molar-refractivity contribution in [1.82, 2.24) is 0 Å². The highest BCUT2D eigenvalue weighted by Crippen LogP contribution is 2.38. The van der Waals surface area contributed by atoms with Crippen molar-refractivity contribution in [3.05, 3.63) is 55.5 Å². The molecule has 0 bridgehead atoms. The van der Waals surface area contributed by atoms with Crippen LogP contribution in [0.15, 0.2) is 39.9 Å². The van der Waals surface area contributed by atoms with E-state index in [1.807, 2.05) is 0 Å². The van der Waals surface area contributed by atoms with Crippen LogP contribution in [-0.4, -0.2) is 31.7 Å². The molecule has 1 amide bonds. The van der Waals surface area contributed by atoms with E-state index in [4.69, 9.17) is 23.2 Å². The molecule has 0 aliphatic heterocycles. The first-order chi connectivity index (χ1) is 13.1. The van der Waals surface area contributed by atoms with E-state index in [-0.39, 0.29) is 26.0 Å². The maximum atomic E-state index is 12.6. The highest BCUT2D eigenvalue weighted by Gasteiger charge is 2.25. The smallest absolute Gasteiger partial charge is 0.339 e. The van der Waals surface area contributed by atoms with Crippen LogP contribution in [-0.2, 0) is 9.84 Å². The normalized spacial score (nSPS) is 11.4. The third kappa shape index (κ3) is 4.08. The van der Waals surface area contributed by atoms with Crippen molar-refractivity contribution in [1.29, 1.82) is 0 Å². The molecule has 0 atom stereocenters. The zero-order chi connectivity index (χ0) is 20.6. The average Bonchev–Trinajstić information content (AvgIpc) is 3.19. The second kappa shape index (κ2) is 7.84. The van der Waals surface area contributed by atoms with Gasteiger partial charge in [0.1, 0.15) is 10.4 Å². The lowest BCUT2D eigenvalue weighted by molar-refractivity contribution is 0.0699. The van der Waals surface area contributed by atoms with Gasteiger partial charge in [-0.2, -0.15) is 0 Å². The van der Waals surface area contributed by atoms with Crippen LogP contribution in [0, 0.1) is 0 Å². The molecular formula is C17H11Cl2NO5S3. The summed E-state index contributed by atoms with van der Waals surface area (Å²) in [6, 6.07) is 6.64. The Morgan fingerprint density at radius 1 is 1.07 bits per heavy atom. The molecule has 0 aliphatic carbocycles. The molecule has 6 nitrogen and oxygen atoms in total. The molecule has 2 aromatic heterocycles. The van der Waals surface area contributed by atoms with E-state index in [0.29, 0.717) is 15.5 Å². The standard InChI is InChI=1S/C17H11Cl2NO5S3/c1-28(24,25)11-7-27-15(13(11)19)16(21)20-10-6-26-14(12(10)17(22)23)8-2-4-9(18)5-3-8/h2-7H,1H3,(H,20,21)(H,22,23). The quantitative estimate of drug-likeness (QED) is 0.531. The number of halogens is 2. The number of hydrogen-bond donors (Lipinski definition) is 2. The lowest BCUT2D eigenvalue weighted by Crippen LogP contribution is -2.13. The maximum absolute atomic E-state index is 12.6. The Bertz CT molecular complexity index is 1180. The summed E-state index contributed by atoms with van der Waals surface area (Å²) in [5, 5.41) is 15.2. The molecule has 146 valence electrons. The van der Waals surface area contributed by atoms with Crippen molar-refractivity contribution < 1.29 is 23.1 Å². The molecule has 2 N–H and O–H groups in total. The molecule has 0 saturated heterocycles. The number of carboxylic acid groups (broad SMARTS) is 1. The second-order valence-corrected chi connectivity index (χ2v) is 10.2. The van der Waals surface area contributed by atoms with Gasteiger partial charge in [-0.15, -0.1) is 22.7 Å². The van der Waals surface area contributed by atoms with Gasteiger partial charge >= 0.3 is 5.97 Å². The van der Waals surface area contributed by atoms with Crippen molar-refractivity contribution in [2.75, 3.05) is 11.6 Å². The number of carboxylic acids is 1. The number of amides is 1. The summed E-state index contributed by atoms with van der Waals surface area (Å²) in [4.78, 5) is 24.6. The van der Waals surface area contributed by atoms with E-state index in [9.17, 15) is 23.1 Å². The number of carbonyl (C=O) groups is 2. The number of thiophene rings is 2. The number of carbonyl (C=O) groups excluding carboxylic acids is 1. The fraction of sp³-hybridized carbons (Fsp3) is 0.0588. The Morgan fingerprint density at radius 3 is 2.25 bits per heavy atom. The topological polar surface area (TPSA) is 101 Å². The molecule has 28 heavy (non-hydrogen) atoms. The minimum atomic E-state index is -3.58. The molecule has 3 aromatic rings. The van der Waals surface area contributed by atoms with Crippen molar-refractivity contribution in [3.63, 3.8) is 0 Å². The molecule has 2 heterocycles. The summed E-state index contributed by atoms with van der Waals surface area (Å²) in [5.74, 6) is -1.90. The third-order valence-electron chi connectivity index (χ3n) is 3.66. The van der Waals surface area contributed by atoms with Gasteiger partial charge in [0.25, 0.3) is 5.91 Å². The van der Waals surface area contributed by atoms with Gasteiger partial charge in [0.05, 0.1) is 20.5 Å². The number of aromatic carboxylic acids is 1. The van der Waals surface area contributed by atoms with Crippen LogP contribution >= 0.6 is 45.9 Å². The van der Waals surface area contributed by atoms with Gasteiger partial charge in [-0.05, 0) is 17.7 Å². The number of anilines is 1. The molecule has 0 radical (unpaired) electrons. The molecule has 0 spiro atoms. The Kier molecular flexibility index (Phi) is 5.83. The largest absolute Gasteiger partial charge is 0.478 e. The average molecular weight is 476 g/mol. The maximum Gasteiger partial charge on any atom is 0.339 e. The fourth-order valence-electron chi connectivity index (χ4n) is 2.39. The number of rotatable bonds is 5. The Balaban J connectivity index is 1.97. The van der Waals surface area contributed by atoms with Crippen LogP contribution in [0.1, 0.15) is 20.0 Å². The summed E-state index contributed by atoms with van der Waals surface area (Å²) in [7, 11) is -3.58. The molecule has 0 aliphatic rings. The second-order valence-electron chi connectivity index (χ2n) is 5.63. The summed E-state index contributed by atoms with van der Waals surface area (Å²) in [5.41, 5.74) is 0.662. The summed E-state index contributed by atoms with van der Waals surface area (Å²) < 4.78 is 23.4. The van der Waals surface area contributed by atoms with Crippen LogP contribution in [0.2, 0.25) is 10.0 Å². The highest BCUT2D eigenvalue weighted by atomic mass is 35.5. The van der Waals surface area contributed by atoms with Gasteiger partial charge in [-0.25, -0.2) is 13.2 Å². The van der Waals surface area contributed by atoms with Crippen LogP contribution in [0.5, 0.6) is 0 Å². The zero-order valence-corrected chi connectivity index (χ0v) is 18.0. The van der Waals surface area contributed by atoms with Crippen molar-refractivity contribution in [2.45, 2.75) is 4.90 Å². The molecule has 1 aromatic carbocycles. The highest BCUT2D eigenvalue weighted by molar-refractivity contribution is 7.91. The minimum absolute atomic E-state index is 0.0160. The van der Waals surface area contributed by atoms with E-state index in [1.54, 1.807) is 24.3 Å². The predicted octanol–water partition coefficient (Wildman–Crippen LogP) is 5.14. The van der Waals surface area contributed by atoms with Crippen LogP contribution < -0.4 is 5.32 Å². The van der Waals surface area contributed by atoms with E-state index in [0.717, 1.165) is 28.9 Å². The van der Waals surface area contributed by atoms with Crippen LogP contribution in [0.3, 0.4) is 0 Å². The first kappa shape index (κ1) is 20.8. The van der Waals surface area contributed by atoms with Gasteiger partial charge in [-0.3, -0.25) is 4.79 Å². The van der Waals surface area contributed by atoms with Gasteiger partial charge in [-0.1, -0.05) is 35.3 Å². The third-order valence-corrected chi connectivity index (χ3v) is 7.81. The number of benzene rings is 1. The summed E-state index contributed by atoms with van der Waals surface area (Å²) in [6.45, 7) is 0. The molecule has 0 fully saturated rings. The van der Waals surface area contributed by atoms with Crippen molar-refractivity contribution in [2.24, 2.45) is 0 Å². The molecular weight excluding hydrogens is 465 g/mol. The Labute approximate surface area is 178 Å². The first-order valence-electron chi connectivity index (χ1n) is 7.48. The van der Waals surface area contributed by atoms with Crippen molar-refractivity contribution >= 4 is 73.3 Å².